The molecular formula is C10H13ClN2O. The van der Waals surface area contributed by atoms with Crippen molar-refractivity contribution in [2.75, 3.05) is 6.61 Å². The van der Waals surface area contributed by atoms with E-state index in [1.165, 1.54) is 0 Å². The van der Waals surface area contributed by atoms with Crippen LogP contribution in [0.4, 0.5) is 0 Å². The molecule has 0 fully saturated rings. The van der Waals surface area contributed by atoms with Crippen LogP contribution in [-0.2, 0) is 0 Å². The van der Waals surface area contributed by atoms with Crippen LogP contribution in [0.25, 0.3) is 0 Å². The summed E-state index contributed by atoms with van der Waals surface area (Å²) in [5, 5.41) is 8.28. The van der Waals surface area contributed by atoms with E-state index < -0.39 is 0 Å². The molecule has 0 heterocycles. The zero-order valence-corrected chi connectivity index (χ0v) is 8.75. The lowest BCUT2D eigenvalue weighted by atomic mass is 10.1. The van der Waals surface area contributed by atoms with Gasteiger partial charge in [0.2, 0.25) is 0 Å². The zero-order valence-electron chi connectivity index (χ0n) is 7.93. The Kier molecular flexibility index (Phi) is 5.70. The summed E-state index contributed by atoms with van der Waals surface area (Å²) < 4.78 is 5.09. The molecule has 0 bridgehead atoms. The van der Waals surface area contributed by atoms with Crippen LogP contribution in [0.5, 0.6) is 5.75 Å². The molecule has 0 aromatic heterocycles. The Morgan fingerprint density at radius 1 is 1.43 bits per heavy atom. The Labute approximate surface area is 89.9 Å². The maximum Gasteiger partial charge on any atom is 0.174 e. The van der Waals surface area contributed by atoms with Gasteiger partial charge in [0.25, 0.3) is 0 Å². The van der Waals surface area contributed by atoms with Crippen LogP contribution in [0, 0.1) is 11.3 Å². The number of nitrogens with zero attached hydrogens (tertiary/aromatic N) is 1. The standard InChI is InChI=1S/C10H12N2O.ClH/c1-8(12)9-2-4-10(5-3-9)13-7-6-11;/h2-5,8H,7,12H2,1H3;1H. The number of benzene rings is 1. The highest BCUT2D eigenvalue weighted by molar-refractivity contribution is 5.85. The first kappa shape index (κ1) is 12.8. The molecule has 0 saturated heterocycles. The van der Waals surface area contributed by atoms with Gasteiger partial charge in [-0.1, -0.05) is 12.1 Å². The van der Waals surface area contributed by atoms with Crippen molar-refractivity contribution in [3.05, 3.63) is 29.8 Å². The van der Waals surface area contributed by atoms with E-state index >= 15 is 0 Å². The average molecular weight is 213 g/mol. The molecule has 1 unspecified atom stereocenters. The molecule has 1 rings (SSSR count). The number of nitrogens with two attached hydrogens (primary N) is 1. The predicted octanol–water partition coefficient (Wildman–Crippen LogP) is 2.03. The molecule has 3 nitrogen and oxygen atoms in total. The van der Waals surface area contributed by atoms with Crippen LogP contribution in [0.1, 0.15) is 18.5 Å². The van der Waals surface area contributed by atoms with Crippen LogP contribution < -0.4 is 10.5 Å². The fourth-order valence-corrected chi connectivity index (χ4v) is 0.983. The Hall–Kier alpha value is -1.24. The van der Waals surface area contributed by atoms with Gasteiger partial charge in [-0.05, 0) is 24.6 Å². The first-order chi connectivity index (χ1) is 6.24. The lowest BCUT2D eigenvalue weighted by Crippen LogP contribution is -2.04. The molecule has 4 heteroatoms. The fourth-order valence-electron chi connectivity index (χ4n) is 0.983. The van der Waals surface area contributed by atoms with E-state index in [9.17, 15) is 0 Å². The quantitative estimate of drug-likeness (QED) is 0.834. The number of ether oxygens (including phenoxy) is 1. The SMILES string of the molecule is CC(N)c1ccc(OCC#N)cc1.Cl. The van der Waals surface area contributed by atoms with E-state index in [1.807, 2.05) is 37.3 Å². The summed E-state index contributed by atoms with van der Waals surface area (Å²) in [6, 6.07) is 9.37. The number of nitriles is 1. The third-order valence-electron chi connectivity index (χ3n) is 1.71. The van der Waals surface area contributed by atoms with Gasteiger partial charge in [-0.15, -0.1) is 12.4 Å². The smallest absolute Gasteiger partial charge is 0.174 e. The van der Waals surface area contributed by atoms with Crippen LogP contribution in [-0.4, -0.2) is 6.61 Å². The Balaban J connectivity index is 0.00000169. The second-order valence-electron chi connectivity index (χ2n) is 2.80. The number of rotatable bonds is 3. The van der Waals surface area contributed by atoms with E-state index in [-0.39, 0.29) is 25.1 Å². The fraction of sp³-hybridized carbons (Fsp3) is 0.300. The van der Waals surface area contributed by atoms with Crippen LogP contribution in [0.15, 0.2) is 24.3 Å². The minimum Gasteiger partial charge on any atom is -0.479 e. The molecule has 1 aromatic carbocycles. The molecule has 1 atom stereocenters. The normalized spacial score (nSPS) is 10.9. The molecule has 0 amide bonds. The third-order valence-corrected chi connectivity index (χ3v) is 1.71. The Morgan fingerprint density at radius 2 is 2.00 bits per heavy atom. The molecule has 0 aliphatic rings. The van der Waals surface area contributed by atoms with Gasteiger partial charge in [0.15, 0.2) is 6.61 Å². The van der Waals surface area contributed by atoms with Gasteiger partial charge in [-0.2, -0.15) is 5.26 Å². The zero-order chi connectivity index (χ0) is 9.68. The van der Waals surface area contributed by atoms with Crippen molar-refractivity contribution in [1.82, 2.24) is 0 Å². The second-order valence-corrected chi connectivity index (χ2v) is 2.80. The number of hydrogen-bond acceptors (Lipinski definition) is 3. The molecule has 1 aromatic rings. The first-order valence-corrected chi connectivity index (χ1v) is 4.09. The largest absolute Gasteiger partial charge is 0.479 e. The lowest BCUT2D eigenvalue weighted by Gasteiger charge is -2.06. The Morgan fingerprint density at radius 3 is 2.43 bits per heavy atom. The lowest BCUT2D eigenvalue weighted by molar-refractivity contribution is 0.368. The highest BCUT2D eigenvalue weighted by Crippen LogP contribution is 2.15. The summed E-state index contributed by atoms with van der Waals surface area (Å²) in [6.07, 6.45) is 0. The third kappa shape index (κ3) is 3.65. The van der Waals surface area contributed by atoms with E-state index in [4.69, 9.17) is 15.7 Å². The topological polar surface area (TPSA) is 59.0 Å². The molecule has 76 valence electrons. The molecule has 0 aliphatic carbocycles. The summed E-state index contributed by atoms with van der Waals surface area (Å²) in [6.45, 7) is 2.00. The minimum absolute atomic E-state index is 0. The van der Waals surface area contributed by atoms with Gasteiger partial charge >= 0.3 is 0 Å². The highest BCUT2D eigenvalue weighted by Gasteiger charge is 1.98. The van der Waals surface area contributed by atoms with Crippen LogP contribution >= 0.6 is 12.4 Å². The van der Waals surface area contributed by atoms with Crippen LogP contribution in [0.2, 0.25) is 0 Å². The molecule has 2 N–H and O–H groups in total. The Bertz CT molecular complexity index is 303. The summed E-state index contributed by atoms with van der Waals surface area (Å²) in [5.74, 6) is 0.700. The monoisotopic (exact) mass is 212 g/mol. The van der Waals surface area contributed by atoms with Crippen molar-refractivity contribution in [3.63, 3.8) is 0 Å². The number of hydrogen-bond donors (Lipinski definition) is 1. The van der Waals surface area contributed by atoms with Gasteiger partial charge in [0.1, 0.15) is 11.8 Å². The molecule has 0 radical (unpaired) electrons. The van der Waals surface area contributed by atoms with Gasteiger partial charge in [-0.25, -0.2) is 0 Å². The van der Waals surface area contributed by atoms with E-state index in [2.05, 4.69) is 0 Å². The predicted molar refractivity (Wildman–Crippen MR) is 57.4 cm³/mol. The van der Waals surface area contributed by atoms with Crippen molar-refractivity contribution in [2.45, 2.75) is 13.0 Å². The van der Waals surface area contributed by atoms with Crippen molar-refractivity contribution < 1.29 is 4.74 Å². The number of halogens is 1. The van der Waals surface area contributed by atoms with Crippen molar-refractivity contribution in [3.8, 4) is 11.8 Å². The van der Waals surface area contributed by atoms with Gasteiger partial charge in [0, 0.05) is 6.04 Å². The van der Waals surface area contributed by atoms with E-state index in [0.29, 0.717) is 5.75 Å². The second kappa shape index (κ2) is 6.25. The molecule has 14 heavy (non-hydrogen) atoms. The van der Waals surface area contributed by atoms with E-state index in [0.717, 1.165) is 5.56 Å². The minimum atomic E-state index is 0. The average Bonchev–Trinajstić information content (AvgIpc) is 2.15. The molecule has 0 saturated carbocycles. The van der Waals surface area contributed by atoms with Crippen molar-refractivity contribution >= 4 is 12.4 Å². The van der Waals surface area contributed by atoms with Gasteiger partial charge in [-0.3, -0.25) is 0 Å². The van der Waals surface area contributed by atoms with Crippen molar-refractivity contribution in [2.24, 2.45) is 5.73 Å². The van der Waals surface area contributed by atoms with Crippen molar-refractivity contribution in [1.29, 1.82) is 5.26 Å². The molecular weight excluding hydrogens is 200 g/mol. The highest BCUT2D eigenvalue weighted by atomic mass is 35.5. The molecule has 0 spiro atoms. The maximum absolute atomic E-state index is 8.28. The molecule has 0 aliphatic heterocycles. The summed E-state index contributed by atoms with van der Waals surface area (Å²) >= 11 is 0. The van der Waals surface area contributed by atoms with Crippen LogP contribution in [0.3, 0.4) is 0 Å². The summed E-state index contributed by atoms with van der Waals surface area (Å²) in [4.78, 5) is 0. The summed E-state index contributed by atoms with van der Waals surface area (Å²) in [5.41, 5.74) is 6.73. The maximum atomic E-state index is 8.28. The first-order valence-electron chi connectivity index (χ1n) is 4.09. The van der Waals surface area contributed by atoms with Gasteiger partial charge in [0.05, 0.1) is 0 Å². The summed E-state index contributed by atoms with van der Waals surface area (Å²) in [7, 11) is 0. The van der Waals surface area contributed by atoms with Gasteiger partial charge < -0.3 is 10.5 Å². The van der Waals surface area contributed by atoms with E-state index in [1.54, 1.807) is 0 Å².